The summed E-state index contributed by atoms with van der Waals surface area (Å²) in [7, 11) is 0. The van der Waals surface area contributed by atoms with Crippen molar-refractivity contribution in [2.75, 3.05) is 13.1 Å². The molecule has 0 radical (unpaired) electrons. The maximum atomic E-state index is 5.75. The summed E-state index contributed by atoms with van der Waals surface area (Å²) in [5.74, 6) is 0. The lowest BCUT2D eigenvalue weighted by molar-refractivity contribution is -0.0764. The van der Waals surface area contributed by atoms with E-state index in [4.69, 9.17) is 21.4 Å². The number of aromatic nitrogens is 1. The molecule has 1 aromatic heterocycles. The normalized spacial score (nSPS) is 24.9. The largest absolute Gasteiger partial charge is 0.429 e. The highest BCUT2D eigenvalue weighted by Crippen LogP contribution is 2.19. The summed E-state index contributed by atoms with van der Waals surface area (Å²) in [6.07, 6.45) is 0.521. The number of para-hydroxylation sites is 2. The lowest BCUT2D eigenvalue weighted by atomic mass is 10.2. The van der Waals surface area contributed by atoms with Crippen LogP contribution in [0.3, 0.4) is 0 Å². The number of benzene rings is 1. The molecule has 4 nitrogen and oxygen atoms in total. The topological polar surface area (TPSA) is 30.5 Å². The van der Waals surface area contributed by atoms with Gasteiger partial charge in [-0.15, -0.1) is 0 Å². The summed E-state index contributed by atoms with van der Waals surface area (Å²) in [5.41, 5.74) is 1.90. The molecule has 0 spiro atoms. The second kappa shape index (κ2) is 5.07. The second-order valence-electron chi connectivity index (χ2n) is 5.20. The minimum absolute atomic E-state index is 0.260. The fraction of sp³-hybridized carbons (Fsp3) is 0.500. The number of rotatable bonds is 2. The van der Waals surface area contributed by atoms with Crippen LogP contribution in [0.25, 0.3) is 11.1 Å². The lowest BCUT2D eigenvalue weighted by Crippen LogP contribution is -2.45. The van der Waals surface area contributed by atoms with Crippen LogP contribution >= 0.6 is 12.2 Å². The van der Waals surface area contributed by atoms with Crippen LogP contribution in [-0.2, 0) is 11.4 Å². The zero-order valence-electron chi connectivity index (χ0n) is 11.2. The summed E-state index contributed by atoms with van der Waals surface area (Å²) >= 11 is 5.32. The molecule has 2 atom stereocenters. The molecule has 1 aliphatic heterocycles. The van der Waals surface area contributed by atoms with E-state index in [2.05, 4.69) is 23.3 Å². The standard InChI is InChI=1S/C14H18N2O2S/c1-10-7-15(8-11(2)17-10)9-16-12-5-3-4-6-13(12)18-14(16)19/h3-6,10-11H,7-9H2,1-2H3/t10-,11+. The van der Waals surface area contributed by atoms with Gasteiger partial charge in [-0.1, -0.05) is 12.1 Å². The van der Waals surface area contributed by atoms with Crippen LogP contribution in [0.2, 0.25) is 0 Å². The van der Waals surface area contributed by atoms with Gasteiger partial charge in [-0.25, -0.2) is 0 Å². The van der Waals surface area contributed by atoms with Crippen LogP contribution in [0.1, 0.15) is 13.8 Å². The fourth-order valence-electron chi connectivity index (χ4n) is 2.75. The Hall–Kier alpha value is -1.17. The van der Waals surface area contributed by atoms with E-state index in [0.717, 1.165) is 30.9 Å². The van der Waals surface area contributed by atoms with E-state index in [1.165, 1.54) is 0 Å². The maximum Gasteiger partial charge on any atom is 0.270 e. The Balaban J connectivity index is 1.89. The highest BCUT2D eigenvalue weighted by molar-refractivity contribution is 7.71. The van der Waals surface area contributed by atoms with Gasteiger partial charge in [0.25, 0.3) is 4.84 Å². The monoisotopic (exact) mass is 278 g/mol. The van der Waals surface area contributed by atoms with Crippen molar-refractivity contribution in [2.24, 2.45) is 0 Å². The highest BCUT2D eigenvalue weighted by Gasteiger charge is 2.23. The molecule has 19 heavy (non-hydrogen) atoms. The summed E-state index contributed by atoms with van der Waals surface area (Å²) in [4.78, 5) is 2.89. The van der Waals surface area contributed by atoms with E-state index in [1.54, 1.807) is 0 Å². The molecule has 0 unspecified atom stereocenters. The first-order valence-corrected chi connectivity index (χ1v) is 7.00. The minimum Gasteiger partial charge on any atom is -0.429 e. The van der Waals surface area contributed by atoms with Gasteiger partial charge in [0.15, 0.2) is 5.58 Å². The number of oxazole rings is 1. The second-order valence-corrected chi connectivity index (χ2v) is 5.55. The quantitative estimate of drug-likeness (QED) is 0.790. The molecule has 102 valence electrons. The molecule has 2 heterocycles. The van der Waals surface area contributed by atoms with Crippen molar-refractivity contribution in [3.63, 3.8) is 0 Å². The van der Waals surface area contributed by atoms with Gasteiger partial charge in [-0.3, -0.25) is 9.47 Å². The van der Waals surface area contributed by atoms with Gasteiger partial charge in [-0.2, -0.15) is 0 Å². The van der Waals surface area contributed by atoms with Gasteiger partial charge in [-0.05, 0) is 38.2 Å². The Labute approximate surface area is 117 Å². The zero-order valence-corrected chi connectivity index (χ0v) is 12.0. The predicted octanol–water partition coefficient (Wildman–Crippen LogP) is 3.03. The highest BCUT2D eigenvalue weighted by atomic mass is 32.1. The Morgan fingerprint density at radius 1 is 1.21 bits per heavy atom. The van der Waals surface area contributed by atoms with Crippen LogP contribution in [0.15, 0.2) is 28.7 Å². The molecule has 0 aliphatic carbocycles. The Kier molecular flexibility index (Phi) is 3.43. The fourth-order valence-corrected chi connectivity index (χ4v) is 2.99. The third-order valence-corrected chi connectivity index (χ3v) is 3.71. The van der Waals surface area contributed by atoms with Crippen LogP contribution in [0, 0.1) is 4.84 Å². The predicted molar refractivity (Wildman–Crippen MR) is 76.6 cm³/mol. The van der Waals surface area contributed by atoms with Crippen molar-refractivity contribution >= 4 is 23.3 Å². The van der Waals surface area contributed by atoms with Crippen LogP contribution in [-0.4, -0.2) is 34.8 Å². The van der Waals surface area contributed by atoms with Gasteiger partial charge in [0.2, 0.25) is 0 Å². The first kappa shape index (κ1) is 12.8. The van der Waals surface area contributed by atoms with E-state index >= 15 is 0 Å². The number of morpholine rings is 1. The summed E-state index contributed by atoms with van der Waals surface area (Å²) in [6.45, 7) is 6.82. The molecule has 0 saturated carbocycles. The number of ether oxygens (including phenoxy) is 1. The SMILES string of the molecule is C[C@@H]1CN(Cn2c(=S)oc3ccccc32)C[C@H](C)O1. The first-order valence-electron chi connectivity index (χ1n) is 6.59. The van der Waals surface area contributed by atoms with Crippen molar-refractivity contribution in [2.45, 2.75) is 32.7 Å². The molecule has 5 heteroatoms. The number of nitrogens with zero attached hydrogens (tertiary/aromatic N) is 2. The average Bonchev–Trinajstić information content (AvgIpc) is 2.65. The van der Waals surface area contributed by atoms with E-state index < -0.39 is 0 Å². The summed E-state index contributed by atoms with van der Waals surface area (Å²) in [6, 6.07) is 7.96. The smallest absolute Gasteiger partial charge is 0.270 e. The van der Waals surface area contributed by atoms with Gasteiger partial charge < -0.3 is 9.15 Å². The van der Waals surface area contributed by atoms with Crippen LogP contribution in [0.5, 0.6) is 0 Å². The van der Waals surface area contributed by atoms with E-state index in [9.17, 15) is 0 Å². The lowest BCUT2D eigenvalue weighted by Gasteiger charge is -2.35. The van der Waals surface area contributed by atoms with E-state index in [1.807, 2.05) is 24.3 Å². The molecule has 1 saturated heterocycles. The van der Waals surface area contributed by atoms with Crippen molar-refractivity contribution in [1.29, 1.82) is 0 Å². The number of hydrogen-bond acceptors (Lipinski definition) is 4. The maximum absolute atomic E-state index is 5.75. The van der Waals surface area contributed by atoms with E-state index in [0.29, 0.717) is 4.84 Å². The molecule has 2 aromatic rings. The van der Waals surface area contributed by atoms with Crippen molar-refractivity contribution in [3.05, 3.63) is 29.1 Å². The van der Waals surface area contributed by atoms with Crippen molar-refractivity contribution in [1.82, 2.24) is 9.47 Å². The molecule has 1 aromatic carbocycles. The average molecular weight is 278 g/mol. The van der Waals surface area contributed by atoms with Crippen LogP contribution < -0.4 is 0 Å². The Morgan fingerprint density at radius 3 is 2.63 bits per heavy atom. The van der Waals surface area contributed by atoms with Crippen molar-refractivity contribution in [3.8, 4) is 0 Å². The molecule has 0 N–H and O–H groups in total. The molecule has 1 fully saturated rings. The molecule has 0 bridgehead atoms. The van der Waals surface area contributed by atoms with Gasteiger partial charge in [0.05, 0.1) is 24.4 Å². The Bertz CT molecular complexity index is 624. The van der Waals surface area contributed by atoms with Gasteiger partial charge in [0, 0.05) is 13.1 Å². The van der Waals surface area contributed by atoms with E-state index in [-0.39, 0.29) is 12.2 Å². The molecular weight excluding hydrogens is 260 g/mol. The third kappa shape index (κ3) is 2.59. The third-order valence-electron chi connectivity index (χ3n) is 3.41. The summed E-state index contributed by atoms with van der Waals surface area (Å²) in [5, 5.41) is 0. The van der Waals surface area contributed by atoms with Crippen molar-refractivity contribution < 1.29 is 9.15 Å². The minimum atomic E-state index is 0.260. The first-order chi connectivity index (χ1) is 9.13. The van der Waals surface area contributed by atoms with Crippen LogP contribution in [0.4, 0.5) is 0 Å². The number of fused-ring (bicyclic) bond motifs is 1. The summed E-state index contributed by atoms with van der Waals surface area (Å²) < 4.78 is 13.4. The molecule has 3 rings (SSSR count). The Morgan fingerprint density at radius 2 is 1.89 bits per heavy atom. The molecular formula is C14H18N2O2S. The van der Waals surface area contributed by atoms with Gasteiger partial charge >= 0.3 is 0 Å². The molecule has 0 amide bonds. The molecule has 1 aliphatic rings. The number of hydrogen-bond donors (Lipinski definition) is 0. The van der Waals surface area contributed by atoms with Gasteiger partial charge in [0.1, 0.15) is 0 Å². The zero-order chi connectivity index (χ0) is 13.4.